The number of methoxy groups -OCH3 is 1. The van der Waals surface area contributed by atoms with Gasteiger partial charge in [0.25, 0.3) is 0 Å². The molecule has 1 unspecified atom stereocenters. The molecule has 2 aromatic rings. The topological polar surface area (TPSA) is 126 Å². The highest BCUT2D eigenvalue weighted by Crippen LogP contribution is 2.17. The fourth-order valence-corrected chi connectivity index (χ4v) is 3.50. The lowest BCUT2D eigenvalue weighted by Gasteiger charge is -2.24. The van der Waals surface area contributed by atoms with Gasteiger partial charge in [0.1, 0.15) is 24.4 Å². The first-order valence-corrected chi connectivity index (χ1v) is 12.1. The fraction of sp³-hybridized carbons (Fsp3) is 0.444. The molecule has 0 heterocycles. The predicted octanol–water partition coefficient (Wildman–Crippen LogP) is 3.08. The number of aliphatic hydroxyl groups excluding tert-OH is 1. The summed E-state index contributed by atoms with van der Waals surface area (Å²) in [7, 11) is 1.56. The summed E-state index contributed by atoms with van der Waals surface area (Å²) in [6, 6.07) is 14.4. The van der Waals surface area contributed by atoms with Gasteiger partial charge in [0.05, 0.1) is 13.2 Å². The molecule has 2 aromatic carbocycles. The van der Waals surface area contributed by atoms with E-state index in [1.807, 2.05) is 44.2 Å². The van der Waals surface area contributed by atoms with Crippen LogP contribution >= 0.6 is 0 Å². The standard InChI is InChI=1S/C27H37N3O6/c1-5-22(25(32)28-16-24(31)20-11-13-21(35-4)14-12-20)29-26(33)23(15-18(2)3)30-27(34)36-17-19-9-7-6-8-10-19/h6-14,18,22-24,31H,5,15-17H2,1-4H3,(H,28,32)(H,29,33)(H,30,34)/t22-,23-,24?/m0/s1. The lowest BCUT2D eigenvalue weighted by atomic mass is 10.0. The number of benzene rings is 2. The van der Waals surface area contributed by atoms with Crippen LogP contribution in [-0.2, 0) is 20.9 Å². The van der Waals surface area contributed by atoms with E-state index < -0.39 is 36.1 Å². The minimum atomic E-state index is -0.914. The van der Waals surface area contributed by atoms with Gasteiger partial charge in [-0.05, 0) is 42.0 Å². The lowest BCUT2D eigenvalue weighted by Crippen LogP contribution is -2.54. The number of hydrogen-bond acceptors (Lipinski definition) is 6. The van der Waals surface area contributed by atoms with Crippen LogP contribution in [0.2, 0.25) is 0 Å². The number of amides is 3. The van der Waals surface area contributed by atoms with Gasteiger partial charge in [-0.25, -0.2) is 4.79 Å². The number of carbonyl (C=O) groups is 3. The van der Waals surface area contributed by atoms with E-state index in [4.69, 9.17) is 9.47 Å². The molecule has 0 saturated heterocycles. The molecule has 196 valence electrons. The van der Waals surface area contributed by atoms with Gasteiger partial charge in [-0.2, -0.15) is 0 Å². The first-order valence-electron chi connectivity index (χ1n) is 12.1. The monoisotopic (exact) mass is 499 g/mol. The van der Waals surface area contributed by atoms with E-state index in [0.29, 0.717) is 24.2 Å². The zero-order valence-electron chi connectivity index (χ0n) is 21.3. The largest absolute Gasteiger partial charge is 0.497 e. The predicted molar refractivity (Wildman–Crippen MR) is 136 cm³/mol. The zero-order chi connectivity index (χ0) is 26.5. The number of rotatable bonds is 13. The number of carbonyl (C=O) groups excluding carboxylic acids is 3. The summed E-state index contributed by atoms with van der Waals surface area (Å²) in [4.78, 5) is 38.0. The van der Waals surface area contributed by atoms with Crippen LogP contribution < -0.4 is 20.7 Å². The van der Waals surface area contributed by atoms with E-state index in [1.54, 1.807) is 38.3 Å². The fourth-order valence-electron chi connectivity index (χ4n) is 3.50. The van der Waals surface area contributed by atoms with Crippen molar-refractivity contribution in [2.75, 3.05) is 13.7 Å². The van der Waals surface area contributed by atoms with Crippen molar-refractivity contribution in [2.45, 2.75) is 58.4 Å². The van der Waals surface area contributed by atoms with Crippen LogP contribution in [0.5, 0.6) is 5.75 Å². The Hall–Kier alpha value is -3.59. The molecule has 0 saturated carbocycles. The Kier molecular flexibility index (Phi) is 11.7. The summed E-state index contributed by atoms with van der Waals surface area (Å²) < 4.78 is 10.4. The number of alkyl carbamates (subject to hydrolysis) is 1. The maximum atomic E-state index is 13.0. The third-order valence-corrected chi connectivity index (χ3v) is 5.54. The summed E-state index contributed by atoms with van der Waals surface area (Å²) in [6.45, 7) is 5.70. The van der Waals surface area contributed by atoms with Crippen LogP contribution in [0.4, 0.5) is 4.79 Å². The van der Waals surface area contributed by atoms with E-state index in [2.05, 4.69) is 16.0 Å². The summed E-state index contributed by atoms with van der Waals surface area (Å²) >= 11 is 0. The van der Waals surface area contributed by atoms with Gasteiger partial charge in [0, 0.05) is 6.54 Å². The van der Waals surface area contributed by atoms with Gasteiger partial charge < -0.3 is 30.5 Å². The Morgan fingerprint density at radius 2 is 1.58 bits per heavy atom. The highest BCUT2D eigenvalue weighted by atomic mass is 16.5. The number of ether oxygens (including phenoxy) is 2. The van der Waals surface area contributed by atoms with Crippen molar-refractivity contribution in [1.29, 1.82) is 0 Å². The second kappa shape index (κ2) is 14.7. The number of nitrogens with one attached hydrogen (secondary N) is 3. The third-order valence-electron chi connectivity index (χ3n) is 5.54. The molecule has 9 heteroatoms. The second-order valence-electron chi connectivity index (χ2n) is 8.89. The van der Waals surface area contributed by atoms with Gasteiger partial charge >= 0.3 is 6.09 Å². The Balaban J connectivity index is 1.90. The summed E-state index contributed by atoms with van der Waals surface area (Å²) in [5, 5.41) is 18.4. The van der Waals surface area contributed by atoms with E-state index in [-0.39, 0.29) is 19.1 Å². The van der Waals surface area contributed by atoms with Gasteiger partial charge in [0.15, 0.2) is 0 Å². The second-order valence-corrected chi connectivity index (χ2v) is 8.89. The highest BCUT2D eigenvalue weighted by Gasteiger charge is 2.27. The molecule has 4 N–H and O–H groups in total. The molecular formula is C27H37N3O6. The van der Waals surface area contributed by atoms with Crippen molar-refractivity contribution < 1.29 is 29.0 Å². The quantitative estimate of drug-likeness (QED) is 0.336. The van der Waals surface area contributed by atoms with E-state index in [9.17, 15) is 19.5 Å². The first kappa shape index (κ1) is 28.6. The molecule has 0 aromatic heterocycles. The van der Waals surface area contributed by atoms with E-state index >= 15 is 0 Å². The molecule has 2 rings (SSSR count). The summed E-state index contributed by atoms with van der Waals surface area (Å²) in [5.74, 6) is -0.118. The zero-order valence-corrected chi connectivity index (χ0v) is 21.3. The van der Waals surface area contributed by atoms with Crippen LogP contribution in [0.1, 0.15) is 50.8 Å². The van der Waals surface area contributed by atoms with Crippen LogP contribution in [0.25, 0.3) is 0 Å². The molecule has 0 aliphatic carbocycles. The van der Waals surface area contributed by atoms with Crippen molar-refractivity contribution in [1.82, 2.24) is 16.0 Å². The molecule has 3 atom stereocenters. The lowest BCUT2D eigenvalue weighted by molar-refractivity contribution is -0.130. The van der Waals surface area contributed by atoms with Crippen LogP contribution in [0, 0.1) is 5.92 Å². The summed E-state index contributed by atoms with van der Waals surface area (Å²) in [5.41, 5.74) is 1.46. The van der Waals surface area contributed by atoms with Gasteiger partial charge in [0.2, 0.25) is 11.8 Å². The average molecular weight is 500 g/mol. The molecule has 0 radical (unpaired) electrons. The molecule has 3 amide bonds. The van der Waals surface area contributed by atoms with Crippen LogP contribution in [-0.4, -0.2) is 48.8 Å². The highest BCUT2D eigenvalue weighted by molar-refractivity contribution is 5.91. The maximum absolute atomic E-state index is 13.0. The third kappa shape index (κ3) is 9.58. The Morgan fingerprint density at radius 1 is 0.917 bits per heavy atom. The van der Waals surface area contributed by atoms with E-state index in [1.165, 1.54) is 0 Å². The minimum absolute atomic E-state index is 0.0168. The molecule has 0 fully saturated rings. The molecule has 0 aliphatic rings. The number of aliphatic hydroxyl groups is 1. The molecule has 0 spiro atoms. The maximum Gasteiger partial charge on any atom is 0.408 e. The molecule has 0 aliphatic heterocycles. The Bertz CT molecular complexity index is 965. The van der Waals surface area contributed by atoms with Crippen molar-refractivity contribution in [3.05, 3.63) is 65.7 Å². The van der Waals surface area contributed by atoms with Crippen LogP contribution in [0.15, 0.2) is 54.6 Å². The van der Waals surface area contributed by atoms with Gasteiger partial charge in [-0.15, -0.1) is 0 Å². The molecular weight excluding hydrogens is 462 g/mol. The van der Waals surface area contributed by atoms with Gasteiger partial charge in [-0.3, -0.25) is 9.59 Å². The van der Waals surface area contributed by atoms with Gasteiger partial charge in [-0.1, -0.05) is 63.2 Å². The van der Waals surface area contributed by atoms with Crippen molar-refractivity contribution in [3.63, 3.8) is 0 Å². The molecule has 36 heavy (non-hydrogen) atoms. The SMILES string of the molecule is CC[C@H](NC(=O)[C@H](CC(C)C)NC(=O)OCc1ccccc1)C(=O)NCC(O)c1ccc(OC)cc1. The van der Waals surface area contributed by atoms with Crippen LogP contribution in [0.3, 0.4) is 0 Å². The average Bonchev–Trinajstić information content (AvgIpc) is 2.88. The van der Waals surface area contributed by atoms with Crippen molar-refractivity contribution in [3.8, 4) is 5.75 Å². The molecule has 0 bridgehead atoms. The minimum Gasteiger partial charge on any atom is -0.497 e. The van der Waals surface area contributed by atoms with E-state index in [0.717, 1.165) is 5.56 Å². The van der Waals surface area contributed by atoms with Crippen molar-refractivity contribution in [2.24, 2.45) is 5.92 Å². The summed E-state index contributed by atoms with van der Waals surface area (Å²) in [6.07, 6.45) is -0.911. The normalized spacial score (nSPS) is 13.3. The Labute approximate surface area is 212 Å². The molecule has 9 nitrogen and oxygen atoms in total. The smallest absolute Gasteiger partial charge is 0.408 e. The first-order chi connectivity index (χ1) is 17.2. The Morgan fingerprint density at radius 3 is 2.17 bits per heavy atom. The van der Waals surface area contributed by atoms with Crippen molar-refractivity contribution >= 4 is 17.9 Å². The number of hydrogen-bond donors (Lipinski definition) is 4.